The Balaban J connectivity index is 1.67. The van der Waals surface area contributed by atoms with Crippen LogP contribution in [0.25, 0.3) is 0 Å². The number of carboxylic acids is 1. The van der Waals surface area contributed by atoms with Crippen molar-refractivity contribution in [3.63, 3.8) is 0 Å². The van der Waals surface area contributed by atoms with Crippen molar-refractivity contribution in [3.05, 3.63) is 65.7 Å². The number of rotatable bonds is 10. The third-order valence-electron chi connectivity index (χ3n) is 3.66. The van der Waals surface area contributed by atoms with Crippen LogP contribution in [0.15, 0.2) is 54.6 Å². The van der Waals surface area contributed by atoms with Gasteiger partial charge >= 0.3 is 5.97 Å². The Bertz CT molecular complexity index is 760. The molecule has 0 unspecified atom stereocenters. The van der Waals surface area contributed by atoms with Crippen molar-refractivity contribution in [1.82, 2.24) is 10.6 Å². The molecule has 2 amide bonds. The summed E-state index contributed by atoms with van der Waals surface area (Å²) in [5.74, 6) is -0.779. The zero-order valence-electron chi connectivity index (χ0n) is 14.8. The molecule has 142 valence electrons. The average molecular weight is 370 g/mol. The van der Waals surface area contributed by atoms with Gasteiger partial charge in [0.25, 0.3) is 5.91 Å². The van der Waals surface area contributed by atoms with Crippen LogP contribution in [0.3, 0.4) is 0 Å². The minimum absolute atomic E-state index is 0.0743. The number of carbonyl (C=O) groups excluding carboxylic acids is 2. The predicted octanol–water partition coefficient (Wildman–Crippen LogP) is 1.98. The van der Waals surface area contributed by atoms with Crippen molar-refractivity contribution < 1.29 is 24.2 Å². The SMILES string of the molecule is O=C(O)CCCOc1ccc(CNC(=O)CNC(=O)c2ccccc2)cc1. The Morgan fingerprint density at radius 1 is 0.926 bits per heavy atom. The number of amides is 2. The fourth-order valence-electron chi connectivity index (χ4n) is 2.23. The molecule has 2 aromatic carbocycles. The fraction of sp³-hybridized carbons (Fsp3) is 0.250. The standard InChI is InChI=1S/C20H22N2O5/c23-18(14-22-20(26)16-5-2-1-3-6-16)21-13-15-8-10-17(11-9-15)27-12-4-7-19(24)25/h1-3,5-6,8-11H,4,7,12-14H2,(H,21,23)(H,22,26)(H,24,25). The maximum atomic E-state index is 11.9. The average Bonchev–Trinajstić information content (AvgIpc) is 2.69. The molecule has 3 N–H and O–H groups in total. The highest BCUT2D eigenvalue weighted by Gasteiger charge is 2.07. The van der Waals surface area contributed by atoms with Crippen LogP contribution < -0.4 is 15.4 Å². The molecule has 0 radical (unpaired) electrons. The van der Waals surface area contributed by atoms with Gasteiger partial charge in [-0.25, -0.2) is 0 Å². The summed E-state index contributed by atoms with van der Waals surface area (Å²) < 4.78 is 5.45. The summed E-state index contributed by atoms with van der Waals surface area (Å²) in [7, 11) is 0. The Morgan fingerprint density at radius 3 is 2.30 bits per heavy atom. The van der Waals surface area contributed by atoms with Crippen LogP contribution in [0.1, 0.15) is 28.8 Å². The number of benzene rings is 2. The molecule has 0 bridgehead atoms. The first-order valence-electron chi connectivity index (χ1n) is 8.58. The molecule has 0 fully saturated rings. The summed E-state index contributed by atoms with van der Waals surface area (Å²) >= 11 is 0. The molecule has 0 aliphatic rings. The summed E-state index contributed by atoms with van der Waals surface area (Å²) in [6.45, 7) is 0.571. The monoisotopic (exact) mass is 370 g/mol. The Kier molecular flexibility index (Phi) is 7.84. The van der Waals surface area contributed by atoms with Crippen LogP contribution in [0.5, 0.6) is 5.75 Å². The minimum Gasteiger partial charge on any atom is -0.494 e. The third kappa shape index (κ3) is 7.60. The van der Waals surface area contributed by atoms with Crippen LogP contribution in [-0.2, 0) is 16.1 Å². The molecule has 0 aliphatic carbocycles. The summed E-state index contributed by atoms with van der Waals surface area (Å²) in [5.41, 5.74) is 1.39. The van der Waals surface area contributed by atoms with E-state index >= 15 is 0 Å². The molecule has 0 atom stereocenters. The molecule has 0 saturated carbocycles. The van der Waals surface area contributed by atoms with Gasteiger partial charge in [-0.1, -0.05) is 30.3 Å². The molecule has 0 aliphatic heterocycles. The number of hydrogen-bond donors (Lipinski definition) is 3. The van der Waals surface area contributed by atoms with Gasteiger partial charge < -0.3 is 20.5 Å². The largest absolute Gasteiger partial charge is 0.494 e. The number of ether oxygens (including phenoxy) is 1. The number of hydrogen-bond acceptors (Lipinski definition) is 4. The van der Waals surface area contributed by atoms with E-state index in [1.807, 2.05) is 18.2 Å². The second-order valence-electron chi connectivity index (χ2n) is 5.82. The first-order valence-corrected chi connectivity index (χ1v) is 8.58. The predicted molar refractivity (Wildman–Crippen MR) is 99.4 cm³/mol. The normalized spacial score (nSPS) is 10.1. The van der Waals surface area contributed by atoms with Crippen molar-refractivity contribution in [2.45, 2.75) is 19.4 Å². The second kappa shape index (κ2) is 10.6. The van der Waals surface area contributed by atoms with Gasteiger partial charge in [0.1, 0.15) is 5.75 Å². The summed E-state index contributed by atoms with van der Waals surface area (Å²) in [4.78, 5) is 34.1. The molecular formula is C20H22N2O5. The zero-order chi connectivity index (χ0) is 19.5. The van der Waals surface area contributed by atoms with E-state index in [1.54, 1.807) is 36.4 Å². The number of aliphatic carboxylic acids is 1. The van der Waals surface area contributed by atoms with Crippen LogP contribution in [-0.4, -0.2) is 36.0 Å². The van der Waals surface area contributed by atoms with Gasteiger partial charge in [-0.2, -0.15) is 0 Å². The first kappa shape index (κ1) is 20.0. The number of carboxylic acid groups (broad SMARTS) is 1. The maximum Gasteiger partial charge on any atom is 0.303 e. The van der Waals surface area contributed by atoms with E-state index in [9.17, 15) is 14.4 Å². The van der Waals surface area contributed by atoms with Crippen molar-refractivity contribution in [2.75, 3.05) is 13.2 Å². The zero-order valence-corrected chi connectivity index (χ0v) is 14.8. The van der Waals surface area contributed by atoms with E-state index in [1.165, 1.54) is 0 Å². The van der Waals surface area contributed by atoms with Crippen LogP contribution in [0.4, 0.5) is 0 Å². The van der Waals surface area contributed by atoms with Crippen molar-refractivity contribution in [1.29, 1.82) is 0 Å². The van der Waals surface area contributed by atoms with Crippen LogP contribution in [0, 0.1) is 0 Å². The smallest absolute Gasteiger partial charge is 0.303 e. The molecular weight excluding hydrogens is 348 g/mol. The highest BCUT2D eigenvalue weighted by Crippen LogP contribution is 2.12. The second-order valence-corrected chi connectivity index (χ2v) is 5.82. The first-order chi connectivity index (χ1) is 13.0. The molecule has 0 aromatic heterocycles. The Labute approximate surface area is 157 Å². The summed E-state index contributed by atoms with van der Waals surface area (Å²) in [6, 6.07) is 15.8. The Hall–Kier alpha value is -3.35. The van der Waals surface area contributed by atoms with Crippen molar-refractivity contribution in [2.24, 2.45) is 0 Å². The summed E-state index contributed by atoms with van der Waals surface area (Å²) in [6.07, 6.45) is 0.521. The van der Waals surface area contributed by atoms with Gasteiger partial charge in [-0.05, 0) is 36.2 Å². The number of nitrogens with one attached hydrogen (secondary N) is 2. The van der Waals surface area contributed by atoms with Gasteiger partial charge in [0.05, 0.1) is 13.2 Å². The molecule has 27 heavy (non-hydrogen) atoms. The van der Waals surface area contributed by atoms with Gasteiger partial charge in [0.15, 0.2) is 0 Å². The molecule has 0 spiro atoms. The van der Waals surface area contributed by atoms with E-state index in [-0.39, 0.29) is 24.8 Å². The lowest BCUT2D eigenvalue weighted by atomic mass is 10.2. The van der Waals surface area contributed by atoms with Gasteiger partial charge in [0, 0.05) is 18.5 Å². The van der Waals surface area contributed by atoms with Gasteiger partial charge in [-0.15, -0.1) is 0 Å². The number of carbonyl (C=O) groups is 3. The lowest BCUT2D eigenvalue weighted by Crippen LogP contribution is -2.36. The molecule has 7 nitrogen and oxygen atoms in total. The third-order valence-corrected chi connectivity index (χ3v) is 3.66. The fourth-order valence-corrected chi connectivity index (χ4v) is 2.23. The molecule has 2 aromatic rings. The molecule has 0 heterocycles. The molecule has 2 rings (SSSR count). The van der Waals surface area contributed by atoms with Gasteiger partial charge in [0.2, 0.25) is 5.91 Å². The summed E-state index contributed by atoms with van der Waals surface area (Å²) in [5, 5.41) is 13.9. The minimum atomic E-state index is -0.843. The van der Waals surface area contributed by atoms with Crippen LogP contribution >= 0.6 is 0 Å². The highest BCUT2D eigenvalue weighted by molar-refractivity contribution is 5.96. The van der Waals surface area contributed by atoms with E-state index in [4.69, 9.17) is 9.84 Å². The van der Waals surface area contributed by atoms with E-state index < -0.39 is 5.97 Å². The quantitative estimate of drug-likeness (QED) is 0.555. The highest BCUT2D eigenvalue weighted by atomic mass is 16.5. The van der Waals surface area contributed by atoms with Crippen LogP contribution in [0.2, 0.25) is 0 Å². The lowest BCUT2D eigenvalue weighted by Gasteiger charge is -2.09. The van der Waals surface area contributed by atoms with E-state index in [0.29, 0.717) is 30.9 Å². The molecule has 0 saturated heterocycles. The van der Waals surface area contributed by atoms with Gasteiger partial charge in [-0.3, -0.25) is 14.4 Å². The lowest BCUT2D eigenvalue weighted by molar-refractivity contribution is -0.137. The maximum absolute atomic E-state index is 11.9. The topological polar surface area (TPSA) is 105 Å². The Morgan fingerprint density at radius 2 is 1.63 bits per heavy atom. The molecule has 7 heteroatoms. The van der Waals surface area contributed by atoms with E-state index in [2.05, 4.69) is 10.6 Å². The van der Waals surface area contributed by atoms with Crippen molar-refractivity contribution in [3.8, 4) is 5.75 Å². The van der Waals surface area contributed by atoms with Crippen molar-refractivity contribution >= 4 is 17.8 Å². The van der Waals surface area contributed by atoms with E-state index in [0.717, 1.165) is 5.56 Å².